The molecule has 0 saturated heterocycles. The average Bonchev–Trinajstić information content (AvgIpc) is 3.07. The zero-order valence-electron chi connectivity index (χ0n) is 13.6. The van der Waals surface area contributed by atoms with E-state index < -0.39 is 0 Å². The van der Waals surface area contributed by atoms with E-state index in [1.165, 1.54) is 11.3 Å². The Kier molecular flexibility index (Phi) is 5.27. The highest BCUT2D eigenvalue weighted by molar-refractivity contribution is 7.13. The monoisotopic (exact) mass is 348 g/mol. The van der Waals surface area contributed by atoms with Gasteiger partial charge < -0.3 is 14.8 Å². The van der Waals surface area contributed by atoms with Gasteiger partial charge in [-0.1, -0.05) is 31.3 Å². The Morgan fingerprint density at radius 2 is 2.08 bits per heavy atom. The summed E-state index contributed by atoms with van der Waals surface area (Å²) < 4.78 is 11.2. The Hall–Kier alpha value is -2.19. The van der Waals surface area contributed by atoms with Crippen LogP contribution in [0, 0.1) is 5.92 Å². The first kappa shape index (κ1) is 16.7. The minimum Gasteiger partial charge on any atom is -0.486 e. The summed E-state index contributed by atoms with van der Waals surface area (Å²) >= 11 is 1.29. The molecular formula is C16H20N4O3S. The number of nitrogens with zero attached hydrogens (tertiary/aromatic N) is 2. The van der Waals surface area contributed by atoms with E-state index in [0.29, 0.717) is 24.3 Å². The molecule has 2 N–H and O–H groups in total. The molecule has 1 atom stereocenters. The van der Waals surface area contributed by atoms with E-state index in [1.807, 2.05) is 18.2 Å². The number of aromatic nitrogens is 2. The number of amides is 1. The van der Waals surface area contributed by atoms with Crippen molar-refractivity contribution in [3.05, 3.63) is 29.3 Å². The van der Waals surface area contributed by atoms with Gasteiger partial charge in [0.05, 0.1) is 6.54 Å². The summed E-state index contributed by atoms with van der Waals surface area (Å²) in [6.45, 7) is 5.54. The van der Waals surface area contributed by atoms with Gasteiger partial charge in [-0.05, 0) is 23.6 Å². The predicted molar refractivity (Wildman–Crippen MR) is 91.6 cm³/mol. The third-order valence-electron chi connectivity index (χ3n) is 3.68. The van der Waals surface area contributed by atoms with Gasteiger partial charge in [-0.15, -0.1) is 10.2 Å². The second-order valence-corrected chi connectivity index (χ2v) is 6.63. The van der Waals surface area contributed by atoms with Gasteiger partial charge in [0, 0.05) is 6.04 Å². The van der Waals surface area contributed by atoms with Gasteiger partial charge in [0.15, 0.2) is 11.5 Å². The summed E-state index contributed by atoms with van der Waals surface area (Å²) in [7, 11) is 0. The van der Waals surface area contributed by atoms with Crippen LogP contribution < -0.4 is 20.1 Å². The number of fused-ring (bicyclic) bond motifs is 1. The first-order valence-corrected chi connectivity index (χ1v) is 8.70. The molecule has 0 radical (unpaired) electrons. The third-order valence-corrected chi connectivity index (χ3v) is 4.29. The van der Waals surface area contributed by atoms with E-state index in [-0.39, 0.29) is 18.5 Å². The van der Waals surface area contributed by atoms with Crippen LogP contribution in [0.3, 0.4) is 0 Å². The summed E-state index contributed by atoms with van der Waals surface area (Å²) in [5.41, 5.74) is 2.65. The summed E-state index contributed by atoms with van der Waals surface area (Å²) in [5, 5.41) is 14.0. The molecule has 0 fully saturated rings. The van der Waals surface area contributed by atoms with Gasteiger partial charge in [0.1, 0.15) is 18.7 Å². The van der Waals surface area contributed by atoms with Crippen LogP contribution in [0.4, 0.5) is 5.13 Å². The molecular weight excluding hydrogens is 328 g/mol. The molecule has 1 aromatic carbocycles. The average molecular weight is 348 g/mol. The quantitative estimate of drug-likeness (QED) is 0.833. The Labute approximate surface area is 144 Å². The Balaban J connectivity index is 1.65. The van der Waals surface area contributed by atoms with E-state index in [2.05, 4.69) is 34.7 Å². The van der Waals surface area contributed by atoms with Crippen LogP contribution in [0.1, 0.15) is 25.5 Å². The molecule has 0 aliphatic carbocycles. The van der Waals surface area contributed by atoms with Crippen LogP contribution >= 0.6 is 11.3 Å². The topological polar surface area (TPSA) is 85.4 Å². The van der Waals surface area contributed by atoms with Crippen molar-refractivity contribution in [2.24, 2.45) is 5.92 Å². The number of nitrogens with one attached hydrogen (secondary N) is 2. The molecule has 8 heteroatoms. The van der Waals surface area contributed by atoms with Crippen molar-refractivity contribution in [2.75, 3.05) is 25.1 Å². The number of benzene rings is 1. The Morgan fingerprint density at radius 1 is 1.29 bits per heavy atom. The fraction of sp³-hybridized carbons (Fsp3) is 0.438. The Bertz CT molecular complexity index is 691. The van der Waals surface area contributed by atoms with Crippen LogP contribution in [0.25, 0.3) is 0 Å². The van der Waals surface area contributed by atoms with Crippen molar-refractivity contribution in [1.29, 1.82) is 0 Å². The lowest BCUT2D eigenvalue weighted by atomic mass is 9.95. The maximum atomic E-state index is 12.0. The lowest BCUT2D eigenvalue weighted by Gasteiger charge is -2.25. The van der Waals surface area contributed by atoms with Crippen molar-refractivity contribution < 1.29 is 14.3 Å². The standard InChI is InChI=1S/C16H20N4O3S/c1-10(2)15(17-8-14(21)19-16-20-18-9-24-16)11-3-4-12-13(7-11)23-6-5-22-12/h3-4,7,9-10,15,17H,5-6,8H2,1-2H3,(H,19,20,21)/t15-/m1/s1. The lowest BCUT2D eigenvalue weighted by Crippen LogP contribution is -2.33. The lowest BCUT2D eigenvalue weighted by molar-refractivity contribution is -0.115. The Morgan fingerprint density at radius 3 is 2.79 bits per heavy atom. The maximum absolute atomic E-state index is 12.0. The fourth-order valence-corrected chi connectivity index (χ4v) is 3.05. The molecule has 1 aliphatic heterocycles. The largest absolute Gasteiger partial charge is 0.486 e. The number of carbonyl (C=O) groups is 1. The first-order chi connectivity index (χ1) is 11.6. The zero-order chi connectivity index (χ0) is 16.9. The molecule has 2 heterocycles. The molecule has 2 aromatic rings. The number of anilines is 1. The molecule has 128 valence electrons. The molecule has 1 aromatic heterocycles. The van der Waals surface area contributed by atoms with E-state index in [9.17, 15) is 4.79 Å². The number of hydrogen-bond acceptors (Lipinski definition) is 7. The predicted octanol–water partition coefficient (Wildman–Crippen LogP) is 2.23. The van der Waals surface area contributed by atoms with Gasteiger partial charge >= 0.3 is 0 Å². The van der Waals surface area contributed by atoms with Gasteiger partial charge in [-0.25, -0.2) is 0 Å². The minimum atomic E-state index is -0.144. The number of ether oxygens (including phenoxy) is 2. The summed E-state index contributed by atoms with van der Waals surface area (Å²) in [6, 6.07) is 5.94. The van der Waals surface area contributed by atoms with Crippen LogP contribution in [-0.2, 0) is 4.79 Å². The van der Waals surface area contributed by atoms with Crippen LogP contribution in [0.2, 0.25) is 0 Å². The van der Waals surface area contributed by atoms with E-state index >= 15 is 0 Å². The minimum absolute atomic E-state index is 0.0287. The molecule has 1 aliphatic rings. The molecule has 1 amide bonds. The molecule has 3 rings (SSSR count). The second-order valence-electron chi connectivity index (χ2n) is 5.80. The SMILES string of the molecule is CC(C)[C@@H](NCC(=O)Nc1nncs1)c1ccc2c(c1)OCCO2. The highest BCUT2D eigenvalue weighted by atomic mass is 32.1. The molecule has 0 bridgehead atoms. The fourth-order valence-electron chi connectivity index (χ4n) is 2.59. The molecule has 24 heavy (non-hydrogen) atoms. The molecule has 7 nitrogen and oxygen atoms in total. The first-order valence-electron chi connectivity index (χ1n) is 7.82. The van der Waals surface area contributed by atoms with E-state index in [4.69, 9.17) is 9.47 Å². The number of carbonyl (C=O) groups excluding carboxylic acids is 1. The molecule has 0 spiro atoms. The normalized spacial score (nSPS) is 14.5. The van der Waals surface area contributed by atoms with Crippen molar-refractivity contribution in [3.63, 3.8) is 0 Å². The van der Waals surface area contributed by atoms with Gasteiger partial charge in [-0.2, -0.15) is 0 Å². The third kappa shape index (κ3) is 4.01. The van der Waals surface area contributed by atoms with Crippen molar-refractivity contribution >= 4 is 22.4 Å². The summed E-state index contributed by atoms with van der Waals surface area (Å²) in [6.07, 6.45) is 0. The second kappa shape index (κ2) is 7.59. The van der Waals surface area contributed by atoms with Gasteiger partial charge in [0.25, 0.3) is 0 Å². The number of hydrogen-bond donors (Lipinski definition) is 2. The van der Waals surface area contributed by atoms with E-state index in [0.717, 1.165) is 17.1 Å². The van der Waals surface area contributed by atoms with Crippen molar-refractivity contribution in [1.82, 2.24) is 15.5 Å². The van der Waals surface area contributed by atoms with Crippen LogP contribution in [0.5, 0.6) is 11.5 Å². The van der Waals surface area contributed by atoms with E-state index in [1.54, 1.807) is 5.51 Å². The van der Waals surface area contributed by atoms with Crippen LogP contribution in [0.15, 0.2) is 23.7 Å². The molecule has 0 saturated carbocycles. The zero-order valence-corrected chi connectivity index (χ0v) is 14.4. The summed E-state index contributed by atoms with van der Waals surface area (Å²) in [4.78, 5) is 12.0. The summed E-state index contributed by atoms with van der Waals surface area (Å²) in [5.74, 6) is 1.68. The maximum Gasteiger partial charge on any atom is 0.240 e. The van der Waals surface area contributed by atoms with Crippen molar-refractivity contribution in [3.8, 4) is 11.5 Å². The van der Waals surface area contributed by atoms with Crippen LogP contribution in [-0.4, -0.2) is 35.9 Å². The molecule has 0 unspecified atom stereocenters. The van der Waals surface area contributed by atoms with Gasteiger partial charge in [-0.3, -0.25) is 10.1 Å². The van der Waals surface area contributed by atoms with Crippen molar-refractivity contribution in [2.45, 2.75) is 19.9 Å². The van der Waals surface area contributed by atoms with Gasteiger partial charge in [0.2, 0.25) is 11.0 Å². The highest BCUT2D eigenvalue weighted by Crippen LogP contribution is 2.34. The highest BCUT2D eigenvalue weighted by Gasteiger charge is 2.20. The smallest absolute Gasteiger partial charge is 0.240 e. The number of rotatable bonds is 6.